The molecular formula is C17H25N3O. The van der Waals surface area contributed by atoms with Crippen LogP contribution in [0.5, 0.6) is 0 Å². The number of aliphatic hydroxyl groups excluding tert-OH is 1. The maximum absolute atomic E-state index is 10.4. The van der Waals surface area contributed by atoms with Crippen LogP contribution in [0, 0.1) is 5.92 Å². The number of aromatic nitrogens is 2. The lowest BCUT2D eigenvalue weighted by atomic mass is 9.86. The van der Waals surface area contributed by atoms with Crippen molar-refractivity contribution in [2.24, 2.45) is 13.0 Å². The van der Waals surface area contributed by atoms with Crippen molar-refractivity contribution in [3.63, 3.8) is 0 Å². The monoisotopic (exact) mass is 287 g/mol. The van der Waals surface area contributed by atoms with Crippen LogP contribution in [-0.4, -0.2) is 27.2 Å². The summed E-state index contributed by atoms with van der Waals surface area (Å²) in [4.78, 5) is 4.35. The largest absolute Gasteiger partial charge is 0.387 e. The van der Waals surface area contributed by atoms with E-state index in [2.05, 4.69) is 17.2 Å². The highest BCUT2D eigenvalue weighted by atomic mass is 16.3. The Hall–Kier alpha value is -1.39. The van der Waals surface area contributed by atoms with Crippen molar-refractivity contribution in [2.75, 3.05) is 6.54 Å². The van der Waals surface area contributed by atoms with Gasteiger partial charge in [0, 0.05) is 19.6 Å². The van der Waals surface area contributed by atoms with Gasteiger partial charge in [-0.2, -0.15) is 0 Å². The smallest absolute Gasteiger partial charge is 0.0955 e. The molecule has 0 aliphatic heterocycles. The third-order valence-corrected chi connectivity index (χ3v) is 4.82. The Morgan fingerprint density at radius 1 is 1.38 bits per heavy atom. The van der Waals surface area contributed by atoms with E-state index in [9.17, 15) is 5.11 Å². The van der Waals surface area contributed by atoms with Gasteiger partial charge in [0.1, 0.15) is 0 Å². The second-order valence-corrected chi connectivity index (χ2v) is 6.40. The highest BCUT2D eigenvalue weighted by Crippen LogP contribution is 2.25. The highest BCUT2D eigenvalue weighted by molar-refractivity contribution is 5.76. The van der Waals surface area contributed by atoms with Gasteiger partial charge in [0.15, 0.2) is 0 Å². The lowest BCUT2D eigenvalue weighted by Crippen LogP contribution is -2.39. The summed E-state index contributed by atoms with van der Waals surface area (Å²) in [6.45, 7) is 2.93. The van der Waals surface area contributed by atoms with Gasteiger partial charge < -0.3 is 15.0 Å². The van der Waals surface area contributed by atoms with Crippen molar-refractivity contribution < 1.29 is 5.11 Å². The van der Waals surface area contributed by atoms with Crippen LogP contribution >= 0.6 is 0 Å². The molecule has 3 unspecified atom stereocenters. The molecule has 3 atom stereocenters. The van der Waals surface area contributed by atoms with Crippen molar-refractivity contribution in [1.29, 1.82) is 0 Å². The topological polar surface area (TPSA) is 50.1 Å². The van der Waals surface area contributed by atoms with Crippen molar-refractivity contribution in [2.45, 2.75) is 44.8 Å². The Bertz CT molecular complexity index is 607. The SMILES string of the molecule is CC1CCCCC1NCC(O)c1ccc2c(c1)ncn2C. The van der Waals surface area contributed by atoms with Gasteiger partial charge in [-0.05, 0) is 36.5 Å². The first kappa shape index (κ1) is 14.5. The minimum Gasteiger partial charge on any atom is -0.387 e. The third kappa shape index (κ3) is 3.11. The highest BCUT2D eigenvalue weighted by Gasteiger charge is 2.21. The lowest BCUT2D eigenvalue weighted by Gasteiger charge is -2.30. The zero-order valence-electron chi connectivity index (χ0n) is 12.9. The Morgan fingerprint density at radius 3 is 3.00 bits per heavy atom. The summed E-state index contributed by atoms with van der Waals surface area (Å²) >= 11 is 0. The van der Waals surface area contributed by atoms with Gasteiger partial charge in [0.25, 0.3) is 0 Å². The van der Waals surface area contributed by atoms with E-state index < -0.39 is 6.10 Å². The molecule has 0 radical (unpaired) electrons. The van der Waals surface area contributed by atoms with Gasteiger partial charge in [0.2, 0.25) is 0 Å². The quantitative estimate of drug-likeness (QED) is 0.909. The predicted molar refractivity (Wildman–Crippen MR) is 85.1 cm³/mol. The van der Waals surface area contributed by atoms with Crippen LogP contribution in [0.3, 0.4) is 0 Å². The Kier molecular flexibility index (Phi) is 4.27. The molecule has 4 nitrogen and oxygen atoms in total. The molecule has 1 aliphatic carbocycles. The van der Waals surface area contributed by atoms with E-state index >= 15 is 0 Å². The van der Waals surface area contributed by atoms with Gasteiger partial charge >= 0.3 is 0 Å². The number of aryl methyl sites for hydroxylation is 1. The van der Waals surface area contributed by atoms with Gasteiger partial charge in [-0.25, -0.2) is 4.98 Å². The van der Waals surface area contributed by atoms with Gasteiger partial charge in [-0.1, -0.05) is 25.8 Å². The first-order valence-electron chi connectivity index (χ1n) is 7.97. The zero-order valence-corrected chi connectivity index (χ0v) is 12.9. The fourth-order valence-electron chi connectivity index (χ4n) is 3.36. The Morgan fingerprint density at radius 2 is 2.19 bits per heavy atom. The van der Waals surface area contributed by atoms with Crippen molar-refractivity contribution in [1.82, 2.24) is 14.9 Å². The van der Waals surface area contributed by atoms with E-state index in [1.807, 2.05) is 36.1 Å². The van der Waals surface area contributed by atoms with E-state index in [0.717, 1.165) is 16.6 Å². The van der Waals surface area contributed by atoms with Crippen molar-refractivity contribution in [3.05, 3.63) is 30.1 Å². The molecule has 0 amide bonds. The number of benzene rings is 1. The van der Waals surface area contributed by atoms with Crippen LogP contribution in [0.2, 0.25) is 0 Å². The molecule has 0 saturated heterocycles. The molecule has 2 aromatic rings. The summed E-state index contributed by atoms with van der Waals surface area (Å²) in [6.07, 6.45) is 6.52. The molecule has 4 heteroatoms. The molecule has 0 spiro atoms. The van der Waals surface area contributed by atoms with Crippen LogP contribution in [0.25, 0.3) is 11.0 Å². The maximum Gasteiger partial charge on any atom is 0.0955 e. The minimum absolute atomic E-state index is 0.467. The second-order valence-electron chi connectivity index (χ2n) is 6.40. The summed E-state index contributed by atoms with van der Waals surface area (Å²) in [6, 6.07) is 6.57. The summed E-state index contributed by atoms with van der Waals surface area (Å²) < 4.78 is 1.99. The number of nitrogens with one attached hydrogen (secondary N) is 1. The van der Waals surface area contributed by atoms with E-state index in [4.69, 9.17) is 0 Å². The average molecular weight is 287 g/mol. The maximum atomic E-state index is 10.4. The third-order valence-electron chi connectivity index (χ3n) is 4.82. The first-order valence-corrected chi connectivity index (χ1v) is 7.97. The normalized spacial score (nSPS) is 24.3. The molecule has 1 fully saturated rings. The summed E-state index contributed by atoms with van der Waals surface area (Å²) in [5.41, 5.74) is 2.98. The van der Waals surface area contributed by atoms with Crippen LogP contribution in [0.4, 0.5) is 0 Å². The molecule has 1 heterocycles. The van der Waals surface area contributed by atoms with E-state index in [-0.39, 0.29) is 0 Å². The van der Waals surface area contributed by atoms with Gasteiger partial charge in [-0.15, -0.1) is 0 Å². The number of aliphatic hydroxyl groups is 1. The molecule has 21 heavy (non-hydrogen) atoms. The average Bonchev–Trinajstić information content (AvgIpc) is 2.87. The van der Waals surface area contributed by atoms with Crippen LogP contribution in [0.1, 0.15) is 44.3 Å². The number of rotatable bonds is 4. The molecule has 1 aromatic carbocycles. The van der Waals surface area contributed by atoms with Crippen LogP contribution < -0.4 is 5.32 Å². The van der Waals surface area contributed by atoms with E-state index in [1.54, 1.807) is 0 Å². The van der Waals surface area contributed by atoms with E-state index in [0.29, 0.717) is 18.5 Å². The lowest BCUT2D eigenvalue weighted by molar-refractivity contribution is 0.157. The fourth-order valence-corrected chi connectivity index (χ4v) is 3.36. The number of hydrogen-bond donors (Lipinski definition) is 2. The molecule has 1 aliphatic rings. The number of hydrogen-bond acceptors (Lipinski definition) is 3. The molecule has 114 valence electrons. The second kappa shape index (κ2) is 6.16. The van der Waals surface area contributed by atoms with Crippen LogP contribution in [-0.2, 0) is 7.05 Å². The molecule has 1 aromatic heterocycles. The molecule has 2 N–H and O–H groups in total. The minimum atomic E-state index is -0.467. The summed E-state index contributed by atoms with van der Waals surface area (Å²) in [7, 11) is 1.98. The summed E-state index contributed by atoms with van der Waals surface area (Å²) in [5.74, 6) is 0.712. The molecule has 1 saturated carbocycles. The van der Waals surface area contributed by atoms with Crippen molar-refractivity contribution in [3.8, 4) is 0 Å². The first-order chi connectivity index (χ1) is 10.1. The Labute approximate surface area is 126 Å². The molecule has 3 rings (SSSR count). The Balaban J connectivity index is 1.64. The molecular weight excluding hydrogens is 262 g/mol. The molecule has 0 bridgehead atoms. The van der Waals surface area contributed by atoms with Gasteiger partial charge in [-0.3, -0.25) is 0 Å². The fraction of sp³-hybridized carbons (Fsp3) is 0.588. The predicted octanol–water partition coefficient (Wildman–Crippen LogP) is 2.78. The van der Waals surface area contributed by atoms with Crippen LogP contribution in [0.15, 0.2) is 24.5 Å². The van der Waals surface area contributed by atoms with E-state index in [1.165, 1.54) is 25.7 Å². The van der Waals surface area contributed by atoms with Crippen molar-refractivity contribution >= 4 is 11.0 Å². The standard InChI is InChI=1S/C17H25N3O/c1-12-5-3-4-6-14(12)18-10-17(21)13-7-8-16-15(9-13)19-11-20(16)2/h7-9,11-12,14,17-18,21H,3-6,10H2,1-2H3. The number of imidazole rings is 1. The number of nitrogens with zero attached hydrogens (tertiary/aromatic N) is 2. The zero-order chi connectivity index (χ0) is 14.8. The van der Waals surface area contributed by atoms with Gasteiger partial charge in [0.05, 0.1) is 23.5 Å². The number of fused-ring (bicyclic) bond motifs is 1. The summed E-state index contributed by atoms with van der Waals surface area (Å²) in [5, 5.41) is 14.0.